The third kappa shape index (κ3) is 8.59. The second-order valence-corrected chi connectivity index (χ2v) is 13.5. The number of aliphatic hydroxyl groups excluding tert-OH is 1. The van der Waals surface area contributed by atoms with E-state index in [1.807, 2.05) is 56.3 Å². The summed E-state index contributed by atoms with van der Waals surface area (Å²) >= 11 is 1.01. The van der Waals surface area contributed by atoms with Crippen molar-refractivity contribution in [1.29, 1.82) is 0 Å². The number of nitrogens with two attached hydrogens (primary N) is 1. The van der Waals surface area contributed by atoms with Crippen LogP contribution in [0, 0.1) is 11.7 Å². The van der Waals surface area contributed by atoms with Crippen molar-refractivity contribution in [1.82, 2.24) is 9.62 Å². The van der Waals surface area contributed by atoms with E-state index in [1.165, 1.54) is 22.5 Å². The molecule has 0 saturated carbocycles. The van der Waals surface area contributed by atoms with E-state index < -0.39 is 27.9 Å². The Balaban J connectivity index is 1.53. The quantitative estimate of drug-likeness (QED) is 0.189. The zero-order valence-electron chi connectivity index (χ0n) is 22.5. The first-order chi connectivity index (χ1) is 18.5. The molecule has 0 aliphatic heterocycles. The Morgan fingerprint density at radius 2 is 1.79 bits per heavy atom. The molecule has 3 unspecified atom stereocenters. The zero-order chi connectivity index (χ0) is 28.6. The number of unbranched alkanes of at least 4 members (excludes halogenated alkanes) is 1. The summed E-state index contributed by atoms with van der Waals surface area (Å²) in [5, 5.41) is 15.2. The summed E-state index contributed by atoms with van der Waals surface area (Å²) in [4.78, 5) is 12.6. The number of amides is 1. The number of carbonyl (C=O) groups is 1. The van der Waals surface area contributed by atoms with Gasteiger partial charge in [0.25, 0.3) is 0 Å². The number of benzene rings is 3. The molecule has 3 aromatic carbocycles. The van der Waals surface area contributed by atoms with E-state index in [-0.39, 0.29) is 29.9 Å². The number of sulfonamides is 1. The van der Waals surface area contributed by atoms with Gasteiger partial charge in [0.2, 0.25) is 0 Å². The first-order valence-electron chi connectivity index (χ1n) is 13.2. The molecule has 0 bridgehead atoms. The van der Waals surface area contributed by atoms with Crippen molar-refractivity contribution in [2.75, 3.05) is 19.7 Å². The molecule has 0 aliphatic carbocycles. The summed E-state index contributed by atoms with van der Waals surface area (Å²) in [5.74, 6) is -0.649. The summed E-state index contributed by atoms with van der Waals surface area (Å²) in [6.07, 6.45) is 2.06. The molecule has 0 aromatic heterocycles. The van der Waals surface area contributed by atoms with Crippen LogP contribution in [-0.2, 0) is 21.2 Å². The second-order valence-electron chi connectivity index (χ2n) is 10.3. The molecule has 3 atom stereocenters. The molecule has 10 heteroatoms. The third-order valence-corrected chi connectivity index (χ3v) is 9.45. The van der Waals surface area contributed by atoms with Gasteiger partial charge in [-0.25, -0.2) is 0 Å². The molecule has 1 amide bonds. The predicted octanol–water partition coefficient (Wildman–Crippen LogP) is 2.10. The van der Waals surface area contributed by atoms with Gasteiger partial charge in [0.05, 0.1) is 6.04 Å². The Labute approximate surface area is 239 Å². The molecule has 7 nitrogen and oxygen atoms in total. The average molecular weight is 620 g/mol. The number of hydrogen-bond donors (Lipinski definition) is 3. The fourth-order valence-electron chi connectivity index (χ4n) is 4.51. The molecule has 39 heavy (non-hydrogen) atoms. The number of nitrogens with zero attached hydrogens (tertiary/aromatic N) is 1. The molecule has 0 spiro atoms. The van der Waals surface area contributed by atoms with Crippen molar-refractivity contribution >= 4 is 47.9 Å². The molecule has 0 heterocycles. The standard InChI is InChI=1S/C29H39AsFN3O4S/c1-20(2)18-34(39(37,38)25-12-13-27(31)26(30)17-25)24(19-35)9-5-6-14-33-29(36)28(32)16-21-10-11-22-7-3-4-8-23(22)15-21/h3-4,7-8,10-13,15,17,20,24,28,35H,5-6,9,14,16,18-19,30,32H2,1-2H3,(H,33,36). The first kappa shape index (κ1) is 31.2. The molecule has 212 valence electrons. The normalized spacial score (nSPS) is 13.6. The van der Waals surface area contributed by atoms with E-state index in [1.54, 1.807) is 0 Å². The summed E-state index contributed by atoms with van der Waals surface area (Å²) in [5.41, 5.74) is 7.14. The van der Waals surface area contributed by atoms with Gasteiger partial charge in [-0.1, -0.05) is 42.5 Å². The third-order valence-electron chi connectivity index (χ3n) is 6.61. The molecular weight excluding hydrogens is 580 g/mol. The van der Waals surface area contributed by atoms with Gasteiger partial charge >= 0.3 is 158 Å². The fraction of sp³-hybridized carbons (Fsp3) is 0.414. The van der Waals surface area contributed by atoms with Gasteiger partial charge in [-0.2, -0.15) is 0 Å². The number of fused-ring (bicyclic) bond motifs is 1. The summed E-state index contributed by atoms with van der Waals surface area (Å²) in [6.45, 7) is 4.12. The number of carbonyl (C=O) groups excluding carboxylic acids is 1. The monoisotopic (exact) mass is 619 g/mol. The molecule has 0 aliphatic rings. The van der Waals surface area contributed by atoms with E-state index in [9.17, 15) is 22.7 Å². The first-order valence-corrected chi connectivity index (χ1v) is 15.9. The number of aliphatic hydroxyl groups is 1. The van der Waals surface area contributed by atoms with Gasteiger partial charge in [0, 0.05) is 0 Å². The van der Waals surface area contributed by atoms with Gasteiger partial charge in [0.15, 0.2) is 0 Å². The maximum absolute atomic E-state index is 13.8. The van der Waals surface area contributed by atoms with Crippen molar-refractivity contribution in [3.8, 4) is 0 Å². The Morgan fingerprint density at radius 1 is 1.08 bits per heavy atom. The molecular formula is C29H39AsFN3O4S. The van der Waals surface area contributed by atoms with Crippen LogP contribution in [0.15, 0.2) is 65.6 Å². The Hall–Kier alpha value is -2.29. The topological polar surface area (TPSA) is 113 Å². The minimum atomic E-state index is -3.93. The van der Waals surface area contributed by atoms with Crippen LogP contribution >= 0.6 is 0 Å². The van der Waals surface area contributed by atoms with Crippen molar-refractivity contribution in [3.63, 3.8) is 0 Å². The SMILES string of the molecule is CC(C)CN(C(CO)CCCCNC(=O)C(N)Cc1ccc2ccccc2c1)S(=O)(=O)c1ccc(F)c([AsH2])c1. The number of nitrogens with one attached hydrogen (secondary N) is 1. The van der Waals surface area contributed by atoms with Crippen LogP contribution in [0.5, 0.6) is 0 Å². The zero-order valence-corrected chi connectivity index (χ0v) is 25.8. The van der Waals surface area contributed by atoms with Crippen molar-refractivity contribution in [2.45, 2.75) is 56.5 Å². The van der Waals surface area contributed by atoms with Crippen LogP contribution in [0.25, 0.3) is 10.8 Å². The van der Waals surface area contributed by atoms with E-state index in [0.29, 0.717) is 36.6 Å². The molecule has 0 saturated heterocycles. The van der Waals surface area contributed by atoms with Gasteiger partial charge in [-0.15, -0.1) is 0 Å². The van der Waals surface area contributed by atoms with Crippen molar-refractivity contribution < 1.29 is 22.7 Å². The number of rotatable bonds is 14. The molecule has 3 rings (SSSR count). The Kier molecular flexibility index (Phi) is 11.5. The molecule has 0 fully saturated rings. The number of hydrogen-bond acceptors (Lipinski definition) is 5. The van der Waals surface area contributed by atoms with Crippen LogP contribution < -0.4 is 15.4 Å². The fourth-order valence-corrected chi connectivity index (χ4v) is 7.19. The van der Waals surface area contributed by atoms with Crippen LogP contribution in [0.4, 0.5) is 4.39 Å². The summed E-state index contributed by atoms with van der Waals surface area (Å²) < 4.78 is 42.3. The molecule has 4 N–H and O–H groups in total. The Morgan fingerprint density at radius 3 is 2.46 bits per heavy atom. The molecule has 0 radical (unpaired) electrons. The summed E-state index contributed by atoms with van der Waals surface area (Å²) in [7, 11) is -3.93. The van der Waals surface area contributed by atoms with E-state index in [2.05, 4.69) is 5.32 Å². The van der Waals surface area contributed by atoms with Crippen molar-refractivity contribution in [2.24, 2.45) is 11.7 Å². The van der Waals surface area contributed by atoms with Gasteiger partial charge < -0.3 is 5.73 Å². The van der Waals surface area contributed by atoms with Gasteiger partial charge in [-0.05, 0) is 22.8 Å². The van der Waals surface area contributed by atoms with Crippen LogP contribution in [-0.4, -0.2) is 72.4 Å². The van der Waals surface area contributed by atoms with Gasteiger partial charge in [-0.3, -0.25) is 4.79 Å². The Bertz CT molecular complexity index is 1370. The number of halogens is 1. The summed E-state index contributed by atoms with van der Waals surface area (Å²) in [6, 6.07) is 16.6. The second kappa shape index (κ2) is 14.4. The van der Waals surface area contributed by atoms with Crippen LogP contribution in [0.1, 0.15) is 38.7 Å². The van der Waals surface area contributed by atoms with E-state index >= 15 is 0 Å². The van der Waals surface area contributed by atoms with Gasteiger partial charge in [0.1, 0.15) is 0 Å². The average Bonchev–Trinajstić information content (AvgIpc) is 2.90. The predicted molar refractivity (Wildman–Crippen MR) is 157 cm³/mol. The molecule has 3 aromatic rings. The van der Waals surface area contributed by atoms with E-state index in [4.69, 9.17) is 5.73 Å². The maximum atomic E-state index is 13.8. The van der Waals surface area contributed by atoms with E-state index in [0.717, 1.165) is 33.2 Å². The van der Waals surface area contributed by atoms with Crippen LogP contribution in [0.2, 0.25) is 0 Å². The minimum absolute atomic E-state index is 0.0232. The van der Waals surface area contributed by atoms with Crippen molar-refractivity contribution in [3.05, 3.63) is 72.0 Å². The van der Waals surface area contributed by atoms with Crippen LogP contribution in [0.3, 0.4) is 0 Å².